The molecule has 0 aliphatic rings. The maximum absolute atomic E-state index is 12.1. The molecule has 0 bridgehead atoms. The molecule has 2 aromatic carbocycles. The number of benzene rings is 2. The number of halogens is 2. The molecule has 0 amide bonds. The van der Waals surface area contributed by atoms with Crippen molar-refractivity contribution >= 4 is 39.2 Å². The highest BCUT2D eigenvalue weighted by molar-refractivity contribution is 9.10. The van der Waals surface area contributed by atoms with Crippen molar-refractivity contribution in [2.24, 2.45) is 0 Å². The number of rotatable bonds is 4. The summed E-state index contributed by atoms with van der Waals surface area (Å²) in [5.41, 5.74) is 2.60. The third-order valence-corrected chi connectivity index (χ3v) is 3.84. The van der Waals surface area contributed by atoms with Crippen LogP contribution in [0.4, 0.5) is 5.69 Å². The minimum atomic E-state index is -0.582. The third-order valence-electron chi connectivity index (χ3n) is 3.12. The Morgan fingerprint density at radius 2 is 2.05 bits per heavy atom. The van der Waals surface area contributed by atoms with Crippen molar-refractivity contribution in [1.82, 2.24) is 0 Å². The van der Waals surface area contributed by atoms with Crippen LogP contribution in [-0.2, 0) is 9.53 Å². The van der Waals surface area contributed by atoms with Crippen molar-refractivity contribution in [2.45, 2.75) is 13.0 Å². The lowest BCUT2D eigenvalue weighted by Crippen LogP contribution is -2.23. The first-order valence-electron chi connectivity index (χ1n) is 6.37. The maximum Gasteiger partial charge on any atom is 0.332 e. The van der Waals surface area contributed by atoms with Gasteiger partial charge >= 0.3 is 5.97 Å². The minimum absolute atomic E-state index is 0.347. The molecule has 0 fully saturated rings. The van der Waals surface area contributed by atoms with E-state index in [1.165, 1.54) is 7.11 Å². The van der Waals surface area contributed by atoms with E-state index in [1.807, 2.05) is 43.3 Å². The molecule has 5 heteroatoms. The van der Waals surface area contributed by atoms with E-state index in [0.29, 0.717) is 5.02 Å². The first-order valence-corrected chi connectivity index (χ1v) is 7.54. The molecule has 1 N–H and O–H groups in total. The van der Waals surface area contributed by atoms with E-state index in [2.05, 4.69) is 21.2 Å². The predicted molar refractivity (Wildman–Crippen MR) is 88.7 cm³/mol. The van der Waals surface area contributed by atoms with Gasteiger partial charge in [-0.2, -0.15) is 0 Å². The van der Waals surface area contributed by atoms with Crippen LogP contribution in [0.25, 0.3) is 0 Å². The van der Waals surface area contributed by atoms with Crippen molar-refractivity contribution in [3.05, 3.63) is 63.1 Å². The highest BCUT2D eigenvalue weighted by Crippen LogP contribution is 2.27. The van der Waals surface area contributed by atoms with Crippen molar-refractivity contribution in [3.63, 3.8) is 0 Å². The molecule has 0 spiro atoms. The SMILES string of the molecule is COC(=O)C(Nc1cccc(Br)c1)c1ccc(Cl)cc1C. The lowest BCUT2D eigenvalue weighted by molar-refractivity contribution is -0.141. The predicted octanol–water partition coefficient (Wildman–Crippen LogP) is 4.74. The maximum atomic E-state index is 12.1. The highest BCUT2D eigenvalue weighted by atomic mass is 79.9. The summed E-state index contributed by atoms with van der Waals surface area (Å²) < 4.78 is 5.84. The fourth-order valence-electron chi connectivity index (χ4n) is 2.09. The Kier molecular flexibility index (Phi) is 5.26. The summed E-state index contributed by atoms with van der Waals surface area (Å²) in [6, 6.07) is 12.5. The Bertz CT molecular complexity index is 660. The van der Waals surface area contributed by atoms with E-state index in [0.717, 1.165) is 21.3 Å². The monoisotopic (exact) mass is 367 g/mol. The molecule has 0 aromatic heterocycles. The van der Waals surface area contributed by atoms with Crippen LogP contribution in [0.3, 0.4) is 0 Å². The van der Waals surface area contributed by atoms with E-state index in [4.69, 9.17) is 16.3 Å². The van der Waals surface area contributed by atoms with E-state index >= 15 is 0 Å². The van der Waals surface area contributed by atoms with Gasteiger partial charge in [0.05, 0.1) is 7.11 Å². The summed E-state index contributed by atoms with van der Waals surface area (Å²) in [5, 5.41) is 3.84. The molecule has 2 aromatic rings. The van der Waals surface area contributed by atoms with E-state index in [1.54, 1.807) is 6.07 Å². The molecule has 0 saturated carbocycles. The zero-order chi connectivity index (χ0) is 15.4. The van der Waals surface area contributed by atoms with Crippen LogP contribution in [0.1, 0.15) is 17.2 Å². The smallest absolute Gasteiger partial charge is 0.332 e. The molecule has 0 aliphatic carbocycles. The van der Waals surface area contributed by atoms with E-state index < -0.39 is 6.04 Å². The van der Waals surface area contributed by atoms with Gasteiger partial charge in [0, 0.05) is 15.2 Å². The average Bonchev–Trinajstić information content (AvgIpc) is 2.45. The number of hydrogen-bond acceptors (Lipinski definition) is 3. The third kappa shape index (κ3) is 3.99. The zero-order valence-corrected chi connectivity index (χ0v) is 14.0. The Morgan fingerprint density at radius 3 is 2.67 bits per heavy atom. The highest BCUT2D eigenvalue weighted by Gasteiger charge is 2.23. The molecule has 0 heterocycles. The van der Waals surface area contributed by atoms with E-state index in [9.17, 15) is 4.79 Å². The number of aryl methyl sites for hydroxylation is 1. The Hall–Kier alpha value is -1.52. The first-order chi connectivity index (χ1) is 10.0. The van der Waals surface area contributed by atoms with Crippen LogP contribution < -0.4 is 5.32 Å². The van der Waals surface area contributed by atoms with Crippen LogP contribution in [-0.4, -0.2) is 13.1 Å². The zero-order valence-electron chi connectivity index (χ0n) is 11.7. The summed E-state index contributed by atoms with van der Waals surface area (Å²) in [6.07, 6.45) is 0. The van der Waals surface area contributed by atoms with Gasteiger partial charge in [0.15, 0.2) is 6.04 Å². The van der Waals surface area contributed by atoms with Gasteiger partial charge in [-0.05, 0) is 48.4 Å². The van der Waals surface area contributed by atoms with E-state index in [-0.39, 0.29) is 5.97 Å². The van der Waals surface area contributed by atoms with Gasteiger partial charge in [0.2, 0.25) is 0 Å². The van der Waals surface area contributed by atoms with Gasteiger partial charge in [0.25, 0.3) is 0 Å². The van der Waals surface area contributed by atoms with Crippen molar-refractivity contribution < 1.29 is 9.53 Å². The average molecular weight is 369 g/mol. The molecule has 2 rings (SSSR count). The van der Waals surface area contributed by atoms with Crippen LogP contribution in [0, 0.1) is 6.92 Å². The van der Waals surface area contributed by atoms with Gasteiger partial charge in [0.1, 0.15) is 0 Å². The Labute approximate surface area is 137 Å². The van der Waals surface area contributed by atoms with Crippen LogP contribution in [0.5, 0.6) is 0 Å². The largest absolute Gasteiger partial charge is 0.467 e. The van der Waals surface area contributed by atoms with Gasteiger partial charge in [-0.25, -0.2) is 4.79 Å². The van der Waals surface area contributed by atoms with Gasteiger partial charge in [-0.15, -0.1) is 0 Å². The summed E-state index contributed by atoms with van der Waals surface area (Å²) in [7, 11) is 1.38. The number of methoxy groups -OCH3 is 1. The molecule has 1 unspecified atom stereocenters. The number of anilines is 1. The Morgan fingerprint density at radius 1 is 1.29 bits per heavy atom. The number of carbonyl (C=O) groups is 1. The molecule has 0 aliphatic heterocycles. The van der Waals surface area contributed by atoms with Crippen molar-refractivity contribution in [3.8, 4) is 0 Å². The van der Waals surface area contributed by atoms with Crippen LogP contribution in [0.15, 0.2) is 46.9 Å². The standard InChI is InChI=1S/C16H15BrClNO2/c1-10-8-12(18)6-7-14(10)15(16(20)21-2)19-13-5-3-4-11(17)9-13/h3-9,15,19H,1-2H3. The number of nitrogens with one attached hydrogen (secondary N) is 1. The summed E-state index contributed by atoms with van der Waals surface area (Å²) in [4.78, 5) is 12.1. The molecule has 0 saturated heterocycles. The quantitative estimate of drug-likeness (QED) is 0.792. The first kappa shape index (κ1) is 15.9. The van der Waals surface area contributed by atoms with Gasteiger partial charge in [-0.3, -0.25) is 0 Å². The number of carbonyl (C=O) groups excluding carboxylic acids is 1. The summed E-state index contributed by atoms with van der Waals surface area (Å²) in [6.45, 7) is 1.92. The number of esters is 1. The normalized spacial score (nSPS) is 11.8. The van der Waals surface area contributed by atoms with Crippen LogP contribution >= 0.6 is 27.5 Å². The van der Waals surface area contributed by atoms with Gasteiger partial charge < -0.3 is 10.1 Å². The summed E-state index contributed by atoms with van der Waals surface area (Å²) >= 11 is 9.39. The second kappa shape index (κ2) is 6.96. The minimum Gasteiger partial charge on any atom is -0.467 e. The second-order valence-electron chi connectivity index (χ2n) is 4.61. The molecule has 1 atom stereocenters. The molecule has 110 valence electrons. The van der Waals surface area contributed by atoms with Crippen LogP contribution in [0.2, 0.25) is 5.02 Å². The molecular weight excluding hydrogens is 354 g/mol. The number of hydrogen-bond donors (Lipinski definition) is 1. The summed E-state index contributed by atoms with van der Waals surface area (Å²) in [5.74, 6) is -0.347. The van der Waals surface area contributed by atoms with Gasteiger partial charge in [-0.1, -0.05) is 39.7 Å². The lowest BCUT2D eigenvalue weighted by atomic mass is 10.0. The molecular formula is C16H15BrClNO2. The lowest BCUT2D eigenvalue weighted by Gasteiger charge is -2.20. The van der Waals surface area contributed by atoms with Crippen molar-refractivity contribution in [2.75, 3.05) is 12.4 Å². The Balaban J connectivity index is 2.37. The number of ether oxygens (including phenoxy) is 1. The molecule has 0 radical (unpaired) electrons. The molecule has 21 heavy (non-hydrogen) atoms. The fraction of sp³-hybridized carbons (Fsp3) is 0.188. The molecule has 3 nitrogen and oxygen atoms in total. The second-order valence-corrected chi connectivity index (χ2v) is 5.96. The topological polar surface area (TPSA) is 38.3 Å². The fourth-order valence-corrected chi connectivity index (χ4v) is 2.72. The van der Waals surface area contributed by atoms with Crippen molar-refractivity contribution in [1.29, 1.82) is 0 Å².